The predicted octanol–water partition coefficient (Wildman–Crippen LogP) is 2.66. The van der Waals surface area contributed by atoms with Gasteiger partial charge in [0, 0.05) is 42.3 Å². The Morgan fingerprint density at radius 3 is 2.59 bits per heavy atom. The lowest BCUT2D eigenvalue weighted by molar-refractivity contribution is 0.165. The molecule has 0 spiro atoms. The van der Waals surface area contributed by atoms with Gasteiger partial charge in [-0.3, -0.25) is 4.90 Å². The van der Waals surface area contributed by atoms with Crippen molar-refractivity contribution >= 4 is 11.6 Å². The molecule has 4 heteroatoms. The first-order valence-electron chi connectivity index (χ1n) is 5.97. The molecular weight excluding hydrogens is 239 g/mol. The maximum atomic E-state index is 13.7. The van der Waals surface area contributed by atoms with Crippen LogP contribution >= 0.6 is 11.6 Å². The zero-order chi connectivity index (χ0) is 12.4. The van der Waals surface area contributed by atoms with Gasteiger partial charge in [-0.05, 0) is 26.0 Å². The van der Waals surface area contributed by atoms with Crippen LogP contribution in [0.15, 0.2) is 18.2 Å². The summed E-state index contributed by atoms with van der Waals surface area (Å²) in [7, 11) is 0. The molecule has 1 heterocycles. The van der Waals surface area contributed by atoms with Crippen LogP contribution in [0.4, 0.5) is 4.39 Å². The molecule has 1 saturated heterocycles. The molecule has 1 aromatic rings. The van der Waals surface area contributed by atoms with Gasteiger partial charge in [0.25, 0.3) is 0 Å². The average Bonchev–Trinajstić information content (AvgIpc) is 2.21. The Morgan fingerprint density at radius 2 is 2.00 bits per heavy atom. The summed E-state index contributed by atoms with van der Waals surface area (Å²) in [6.07, 6.45) is 0. The van der Waals surface area contributed by atoms with Crippen molar-refractivity contribution in [3.63, 3.8) is 0 Å². The molecule has 0 aliphatic carbocycles. The lowest BCUT2D eigenvalue weighted by Crippen LogP contribution is -2.53. The highest BCUT2D eigenvalue weighted by Gasteiger charge is 2.21. The normalized spacial score (nSPS) is 26.1. The highest BCUT2D eigenvalue weighted by molar-refractivity contribution is 6.30. The van der Waals surface area contributed by atoms with Gasteiger partial charge in [0.15, 0.2) is 0 Å². The van der Waals surface area contributed by atoms with Crippen LogP contribution in [0.2, 0.25) is 5.02 Å². The van der Waals surface area contributed by atoms with E-state index < -0.39 is 0 Å². The van der Waals surface area contributed by atoms with Crippen molar-refractivity contribution in [3.8, 4) is 0 Å². The van der Waals surface area contributed by atoms with Gasteiger partial charge in [-0.1, -0.05) is 17.7 Å². The van der Waals surface area contributed by atoms with Crippen LogP contribution < -0.4 is 5.32 Å². The van der Waals surface area contributed by atoms with Gasteiger partial charge in [0.2, 0.25) is 0 Å². The number of piperazine rings is 1. The number of hydrogen-bond donors (Lipinski definition) is 1. The minimum Gasteiger partial charge on any atom is -0.309 e. The van der Waals surface area contributed by atoms with Crippen LogP contribution in [0.5, 0.6) is 0 Å². The molecule has 0 saturated carbocycles. The Labute approximate surface area is 107 Å². The second-order valence-electron chi connectivity index (χ2n) is 4.90. The molecule has 0 bridgehead atoms. The fourth-order valence-corrected chi connectivity index (χ4v) is 2.62. The Hall–Kier alpha value is -0.640. The van der Waals surface area contributed by atoms with Crippen molar-refractivity contribution in [2.75, 3.05) is 13.1 Å². The van der Waals surface area contributed by atoms with Crippen molar-refractivity contribution in [3.05, 3.63) is 34.6 Å². The summed E-state index contributed by atoms with van der Waals surface area (Å²) in [5, 5.41) is 3.91. The number of nitrogens with one attached hydrogen (secondary N) is 1. The minimum absolute atomic E-state index is 0.212. The summed E-state index contributed by atoms with van der Waals surface area (Å²) in [5.74, 6) is -0.212. The van der Waals surface area contributed by atoms with Crippen LogP contribution in [0.3, 0.4) is 0 Å². The Balaban J connectivity index is 2.04. The lowest BCUT2D eigenvalue weighted by atomic mass is 10.1. The SMILES string of the molecule is CC1CN(Cc2ccc(Cl)cc2F)CC(C)N1. The molecule has 1 N–H and O–H groups in total. The molecule has 0 aromatic heterocycles. The van der Waals surface area contributed by atoms with E-state index in [1.165, 1.54) is 6.07 Å². The number of nitrogens with zero attached hydrogens (tertiary/aromatic N) is 1. The van der Waals surface area contributed by atoms with Crippen molar-refractivity contribution in [1.82, 2.24) is 10.2 Å². The molecule has 2 nitrogen and oxygen atoms in total. The first kappa shape index (κ1) is 12.8. The second-order valence-corrected chi connectivity index (χ2v) is 5.34. The van der Waals surface area contributed by atoms with Gasteiger partial charge in [-0.15, -0.1) is 0 Å². The predicted molar refractivity (Wildman–Crippen MR) is 68.7 cm³/mol. The summed E-state index contributed by atoms with van der Waals surface area (Å²) in [4.78, 5) is 2.28. The van der Waals surface area contributed by atoms with E-state index in [1.807, 2.05) is 0 Å². The van der Waals surface area contributed by atoms with E-state index in [2.05, 4.69) is 24.1 Å². The van der Waals surface area contributed by atoms with Gasteiger partial charge in [0.1, 0.15) is 5.82 Å². The first-order chi connectivity index (χ1) is 8.04. The number of benzene rings is 1. The third kappa shape index (κ3) is 3.41. The van der Waals surface area contributed by atoms with Gasteiger partial charge in [-0.25, -0.2) is 4.39 Å². The molecule has 2 atom stereocenters. The summed E-state index contributed by atoms with van der Waals surface area (Å²) in [5.41, 5.74) is 0.718. The third-order valence-corrected chi connectivity index (χ3v) is 3.28. The zero-order valence-corrected chi connectivity index (χ0v) is 11.0. The topological polar surface area (TPSA) is 15.3 Å². The maximum Gasteiger partial charge on any atom is 0.129 e. The highest BCUT2D eigenvalue weighted by atomic mass is 35.5. The van der Waals surface area contributed by atoms with Crippen molar-refractivity contribution in [1.29, 1.82) is 0 Å². The van der Waals surface area contributed by atoms with E-state index in [0.717, 1.165) is 18.7 Å². The molecule has 94 valence electrons. The molecule has 2 rings (SSSR count). The summed E-state index contributed by atoms with van der Waals surface area (Å²) in [6, 6.07) is 5.80. The van der Waals surface area contributed by atoms with E-state index >= 15 is 0 Å². The summed E-state index contributed by atoms with van der Waals surface area (Å²) >= 11 is 5.74. The Morgan fingerprint density at radius 1 is 1.35 bits per heavy atom. The molecule has 0 amide bonds. The standard InChI is InChI=1S/C13H18ClFN2/c1-9-6-17(7-10(2)16-9)8-11-3-4-12(14)5-13(11)15/h3-5,9-10,16H,6-8H2,1-2H3. The number of halogens is 2. The van der Waals surface area contributed by atoms with E-state index in [9.17, 15) is 4.39 Å². The molecular formula is C13H18ClFN2. The zero-order valence-electron chi connectivity index (χ0n) is 10.2. The monoisotopic (exact) mass is 256 g/mol. The van der Waals surface area contributed by atoms with E-state index in [-0.39, 0.29) is 5.82 Å². The highest BCUT2D eigenvalue weighted by Crippen LogP contribution is 2.17. The van der Waals surface area contributed by atoms with Gasteiger partial charge < -0.3 is 5.32 Å². The molecule has 1 aliphatic rings. The fourth-order valence-electron chi connectivity index (χ4n) is 2.46. The van der Waals surface area contributed by atoms with Gasteiger partial charge >= 0.3 is 0 Å². The van der Waals surface area contributed by atoms with E-state index in [0.29, 0.717) is 23.7 Å². The second kappa shape index (κ2) is 5.34. The molecule has 1 aliphatic heterocycles. The molecule has 1 fully saturated rings. The lowest BCUT2D eigenvalue weighted by Gasteiger charge is -2.36. The van der Waals surface area contributed by atoms with Crippen LogP contribution in [-0.4, -0.2) is 30.1 Å². The first-order valence-corrected chi connectivity index (χ1v) is 6.34. The van der Waals surface area contributed by atoms with Crippen molar-refractivity contribution < 1.29 is 4.39 Å². The minimum atomic E-state index is -0.212. The number of rotatable bonds is 2. The molecule has 2 unspecified atom stereocenters. The quantitative estimate of drug-likeness (QED) is 0.875. The maximum absolute atomic E-state index is 13.7. The molecule has 17 heavy (non-hydrogen) atoms. The number of hydrogen-bond acceptors (Lipinski definition) is 2. The molecule has 1 aromatic carbocycles. The van der Waals surface area contributed by atoms with Crippen LogP contribution in [0, 0.1) is 5.82 Å². The van der Waals surface area contributed by atoms with Crippen LogP contribution in [0.25, 0.3) is 0 Å². The fraction of sp³-hybridized carbons (Fsp3) is 0.538. The van der Waals surface area contributed by atoms with E-state index in [4.69, 9.17) is 11.6 Å². The van der Waals surface area contributed by atoms with Gasteiger partial charge in [0.05, 0.1) is 0 Å². The smallest absolute Gasteiger partial charge is 0.129 e. The van der Waals surface area contributed by atoms with E-state index in [1.54, 1.807) is 12.1 Å². The third-order valence-electron chi connectivity index (χ3n) is 3.04. The molecule has 0 radical (unpaired) electrons. The van der Waals surface area contributed by atoms with Crippen molar-refractivity contribution in [2.45, 2.75) is 32.5 Å². The van der Waals surface area contributed by atoms with Crippen molar-refractivity contribution in [2.24, 2.45) is 0 Å². The largest absolute Gasteiger partial charge is 0.309 e. The van der Waals surface area contributed by atoms with Crippen LogP contribution in [-0.2, 0) is 6.54 Å². The Kier molecular flexibility index (Phi) is 4.02. The average molecular weight is 257 g/mol. The summed E-state index contributed by atoms with van der Waals surface area (Å²) < 4.78 is 13.7. The van der Waals surface area contributed by atoms with Crippen LogP contribution in [0.1, 0.15) is 19.4 Å². The Bertz CT molecular complexity index is 387. The summed E-state index contributed by atoms with van der Waals surface area (Å²) in [6.45, 7) is 6.86. The van der Waals surface area contributed by atoms with Gasteiger partial charge in [-0.2, -0.15) is 0 Å².